The number of carbonyl (C=O) groups excluding carboxylic acids is 1. The molecule has 4 aromatic rings. The number of fused-ring (bicyclic) bond motifs is 2. The number of hydrogen-bond acceptors (Lipinski definition) is 3. The highest BCUT2D eigenvalue weighted by atomic mass is 35.5. The molecule has 8 heteroatoms. The van der Waals surface area contributed by atoms with Crippen LogP contribution in [0.1, 0.15) is 32.3 Å². The summed E-state index contributed by atoms with van der Waals surface area (Å²) in [6.45, 7) is 5.48. The molecule has 0 fully saturated rings. The average molecular weight is 510 g/mol. The third-order valence-corrected chi connectivity index (χ3v) is 7.23. The molecule has 0 aliphatic carbocycles. The number of rotatable bonds is 3. The number of carbonyl (C=O) groups is 1. The van der Waals surface area contributed by atoms with Gasteiger partial charge in [-0.3, -0.25) is 4.90 Å². The van der Waals surface area contributed by atoms with Crippen LogP contribution in [-0.2, 0) is 4.74 Å². The Morgan fingerprint density at radius 1 is 1.11 bits per heavy atom. The van der Waals surface area contributed by atoms with Gasteiger partial charge in [-0.2, -0.15) is 0 Å². The van der Waals surface area contributed by atoms with E-state index in [1.807, 2.05) is 32.0 Å². The standard InChI is InChI=1S/C28H26ClF2N3O2/c1-15-22-21(33-28(2,3)26(15)36-27(35)34(4)16-9-6-5-7-10-16)13-20(30)23(24(22)31)18-12-8-11-17-19(29)14-32-25(17)18/h5-15,26,32-33H,1-4H3/t15-,26+/m1/s1. The summed E-state index contributed by atoms with van der Waals surface area (Å²) in [6, 6.07) is 15.6. The molecule has 2 atom stereocenters. The van der Waals surface area contributed by atoms with Crippen LogP contribution in [0.15, 0.2) is 60.8 Å². The molecule has 3 aromatic carbocycles. The first kappa shape index (κ1) is 24.1. The van der Waals surface area contributed by atoms with Crippen molar-refractivity contribution in [3.8, 4) is 11.1 Å². The number of hydrogen-bond donors (Lipinski definition) is 2. The number of aromatic nitrogens is 1. The fraction of sp³-hybridized carbons (Fsp3) is 0.250. The highest BCUT2D eigenvalue weighted by Crippen LogP contribution is 2.46. The zero-order valence-corrected chi connectivity index (χ0v) is 21.1. The molecule has 0 bridgehead atoms. The number of benzene rings is 3. The van der Waals surface area contributed by atoms with E-state index in [4.69, 9.17) is 16.3 Å². The Hall–Kier alpha value is -3.58. The lowest BCUT2D eigenvalue weighted by Gasteiger charge is -2.44. The van der Waals surface area contributed by atoms with Gasteiger partial charge in [-0.25, -0.2) is 13.6 Å². The third-order valence-electron chi connectivity index (χ3n) is 6.91. The molecule has 36 heavy (non-hydrogen) atoms. The molecule has 5 rings (SSSR count). The lowest BCUT2D eigenvalue weighted by molar-refractivity contribution is 0.0521. The number of nitrogens with zero attached hydrogens (tertiary/aromatic N) is 1. The quantitative estimate of drug-likeness (QED) is 0.297. The molecule has 0 radical (unpaired) electrons. The predicted molar refractivity (Wildman–Crippen MR) is 140 cm³/mol. The van der Waals surface area contributed by atoms with Gasteiger partial charge in [0, 0.05) is 47.1 Å². The van der Waals surface area contributed by atoms with Crippen LogP contribution in [0.2, 0.25) is 5.02 Å². The van der Waals surface area contributed by atoms with Gasteiger partial charge in [0.15, 0.2) is 0 Å². The van der Waals surface area contributed by atoms with E-state index in [0.29, 0.717) is 32.9 Å². The summed E-state index contributed by atoms with van der Waals surface area (Å²) < 4.78 is 37.6. The first-order valence-corrected chi connectivity index (χ1v) is 12.0. The van der Waals surface area contributed by atoms with Crippen molar-refractivity contribution in [3.63, 3.8) is 0 Å². The van der Waals surface area contributed by atoms with Crippen LogP contribution < -0.4 is 10.2 Å². The molecule has 0 saturated heterocycles. The van der Waals surface area contributed by atoms with E-state index in [0.717, 1.165) is 0 Å². The van der Waals surface area contributed by atoms with Gasteiger partial charge in [0.2, 0.25) is 0 Å². The lowest BCUT2D eigenvalue weighted by Crippen LogP contribution is -2.53. The number of anilines is 2. The van der Waals surface area contributed by atoms with Crippen molar-refractivity contribution in [2.24, 2.45) is 0 Å². The Bertz CT molecular complexity index is 1470. The van der Waals surface area contributed by atoms with E-state index in [-0.39, 0.29) is 11.1 Å². The minimum atomic E-state index is -0.785. The molecular formula is C28H26ClF2N3O2. The molecule has 0 saturated carbocycles. The van der Waals surface area contributed by atoms with Gasteiger partial charge in [0.1, 0.15) is 17.7 Å². The van der Waals surface area contributed by atoms with Crippen LogP contribution in [0.25, 0.3) is 22.0 Å². The Labute approximate surface area is 213 Å². The van der Waals surface area contributed by atoms with Crippen LogP contribution in [0.4, 0.5) is 25.0 Å². The first-order valence-electron chi connectivity index (χ1n) is 11.7. The Kier molecular flexibility index (Phi) is 5.91. The molecule has 0 unspecified atom stereocenters. The molecule has 1 aromatic heterocycles. The molecule has 0 spiro atoms. The number of amides is 1. The fourth-order valence-electron chi connectivity index (χ4n) is 5.15. The van der Waals surface area contributed by atoms with Gasteiger partial charge in [-0.15, -0.1) is 0 Å². The van der Waals surface area contributed by atoms with Crippen molar-refractivity contribution in [1.29, 1.82) is 0 Å². The largest absolute Gasteiger partial charge is 0.443 e. The van der Waals surface area contributed by atoms with E-state index in [1.165, 1.54) is 11.0 Å². The molecule has 186 valence electrons. The van der Waals surface area contributed by atoms with Gasteiger partial charge >= 0.3 is 6.09 Å². The van der Waals surface area contributed by atoms with Crippen molar-refractivity contribution in [2.75, 3.05) is 17.3 Å². The lowest BCUT2D eigenvalue weighted by atomic mass is 9.77. The van der Waals surface area contributed by atoms with Crippen molar-refractivity contribution < 1.29 is 18.3 Å². The highest BCUT2D eigenvalue weighted by Gasteiger charge is 2.45. The summed E-state index contributed by atoms with van der Waals surface area (Å²) >= 11 is 6.24. The maximum absolute atomic E-state index is 16.2. The van der Waals surface area contributed by atoms with Crippen LogP contribution in [-0.4, -0.2) is 29.8 Å². The monoisotopic (exact) mass is 509 g/mol. The number of para-hydroxylation sites is 2. The molecule has 1 aliphatic heterocycles. The van der Waals surface area contributed by atoms with Crippen molar-refractivity contribution >= 4 is 40.0 Å². The molecular weight excluding hydrogens is 484 g/mol. The summed E-state index contributed by atoms with van der Waals surface area (Å²) in [7, 11) is 1.62. The van der Waals surface area contributed by atoms with Crippen molar-refractivity contribution in [2.45, 2.75) is 38.3 Å². The zero-order valence-electron chi connectivity index (χ0n) is 20.3. The smallest absolute Gasteiger partial charge is 0.414 e. The van der Waals surface area contributed by atoms with E-state index >= 15 is 8.78 Å². The predicted octanol–water partition coefficient (Wildman–Crippen LogP) is 7.72. The maximum atomic E-state index is 16.2. The Morgan fingerprint density at radius 2 is 1.83 bits per heavy atom. The molecule has 1 aliphatic rings. The van der Waals surface area contributed by atoms with Gasteiger partial charge in [-0.1, -0.05) is 54.9 Å². The molecule has 5 nitrogen and oxygen atoms in total. The normalized spacial score (nSPS) is 18.4. The summed E-state index contributed by atoms with van der Waals surface area (Å²) in [5.74, 6) is -1.95. The van der Waals surface area contributed by atoms with E-state index in [1.54, 1.807) is 50.5 Å². The van der Waals surface area contributed by atoms with Crippen LogP contribution in [0.3, 0.4) is 0 Å². The van der Waals surface area contributed by atoms with Gasteiger partial charge in [-0.05, 0) is 32.0 Å². The SMILES string of the molecule is C[C@@H]1c2c(cc(F)c(-c3cccc4c(Cl)c[nH]c34)c2F)NC(C)(C)[C@H]1OC(=O)N(C)c1ccccc1. The molecule has 2 N–H and O–H groups in total. The number of halogens is 3. The van der Waals surface area contributed by atoms with Crippen molar-refractivity contribution in [3.05, 3.63) is 83.0 Å². The second-order valence-electron chi connectivity index (χ2n) is 9.71. The van der Waals surface area contributed by atoms with E-state index in [2.05, 4.69) is 10.3 Å². The van der Waals surface area contributed by atoms with Crippen LogP contribution in [0.5, 0.6) is 0 Å². The van der Waals surface area contributed by atoms with Gasteiger partial charge in [0.05, 0.1) is 21.6 Å². The summed E-state index contributed by atoms with van der Waals surface area (Å²) in [6.07, 6.45) is 0.298. The van der Waals surface area contributed by atoms with Crippen molar-refractivity contribution in [1.82, 2.24) is 4.98 Å². The van der Waals surface area contributed by atoms with Gasteiger partial charge in [0.25, 0.3) is 0 Å². The summed E-state index contributed by atoms with van der Waals surface area (Å²) in [5, 5.41) is 4.34. The third kappa shape index (κ3) is 3.88. The van der Waals surface area contributed by atoms with Gasteiger partial charge < -0.3 is 15.0 Å². The minimum Gasteiger partial charge on any atom is -0.443 e. The van der Waals surface area contributed by atoms with E-state index < -0.39 is 35.3 Å². The fourth-order valence-corrected chi connectivity index (χ4v) is 5.36. The Morgan fingerprint density at radius 3 is 2.56 bits per heavy atom. The minimum absolute atomic E-state index is 0.155. The summed E-state index contributed by atoms with van der Waals surface area (Å²) in [4.78, 5) is 17.5. The second kappa shape index (κ2) is 8.82. The van der Waals surface area contributed by atoms with Crippen LogP contribution in [0, 0.1) is 11.6 Å². The van der Waals surface area contributed by atoms with E-state index in [9.17, 15) is 4.79 Å². The Balaban J connectivity index is 1.56. The summed E-state index contributed by atoms with van der Waals surface area (Å²) in [5.41, 5.74) is 1.25. The number of H-pyrrole nitrogens is 1. The highest BCUT2D eigenvalue weighted by molar-refractivity contribution is 6.36. The number of nitrogens with one attached hydrogen (secondary N) is 2. The number of aromatic amines is 1. The molecule has 2 heterocycles. The van der Waals surface area contributed by atoms with Crippen LogP contribution >= 0.6 is 11.6 Å². The first-order chi connectivity index (χ1) is 17.1. The maximum Gasteiger partial charge on any atom is 0.414 e. The second-order valence-corrected chi connectivity index (χ2v) is 10.1. The zero-order chi connectivity index (χ0) is 25.8. The average Bonchev–Trinajstić information content (AvgIpc) is 3.22. The molecule has 1 amide bonds. The number of ether oxygens (including phenoxy) is 1. The topological polar surface area (TPSA) is 57.4 Å².